The Kier molecular flexibility index (Phi) is 6.57. The van der Waals surface area contributed by atoms with E-state index in [1.807, 2.05) is 23.6 Å². The van der Waals surface area contributed by atoms with Gasteiger partial charge >= 0.3 is 0 Å². The van der Waals surface area contributed by atoms with Crippen molar-refractivity contribution in [3.8, 4) is 5.75 Å². The molecule has 8 nitrogen and oxygen atoms in total. The van der Waals surface area contributed by atoms with Crippen molar-refractivity contribution in [2.24, 2.45) is 5.41 Å². The third-order valence-corrected chi connectivity index (χ3v) is 6.61. The summed E-state index contributed by atoms with van der Waals surface area (Å²) in [4.78, 5) is 15.2. The number of benzene rings is 1. The number of nitrogens with one attached hydrogen (secondary N) is 1. The van der Waals surface area contributed by atoms with Crippen LogP contribution in [0.1, 0.15) is 55.1 Å². The maximum atomic E-state index is 12.7. The highest BCUT2D eigenvalue weighted by molar-refractivity contribution is 5.90. The van der Waals surface area contributed by atoms with Gasteiger partial charge in [-0.25, -0.2) is 0 Å². The summed E-state index contributed by atoms with van der Waals surface area (Å²) >= 11 is 0. The Balaban J connectivity index is 1.43. The van der Waals surface area contributed by atoms with Gasteiger partial charge in [-0.1, -0.05) is 19.1 Å². The largest absolute Gasteiger partial charge is 0.497 e. The number of hydrogen-bond donors (Lipinski definition) is 1. The van der Waals surface area contributed by atoms with E-state index in [1.54, 1.807) is 7.11 Å². The van der Waals surface area contributed by atoms with Crippen LogP contribution in [0.4, 0.5) is 0 Å². The standard InChI is InChI=1S/C23H33N5O3/c1-4-17(2)24-22(29)21-26-25-20-14-31-16-23(15-28(20)21)8-10-27(11-9-23)13-18-6-5-7-19(12-18)30-3/h5-7,12,17H,4,8-11,13-16H2,1-3H3,(H,24,29)/t17-/m0/s1. The lowest BCUT2D eigenvalue weighted by molar-refractivity contribution is -0.00571. The molecule has 1 amide bonds. The number of likely N-dealkylation sites (tertiary alicyclic amines) is 1. The predicted octanol–water partition coefficient (Wildman–Crippen LogP) is 2.63. The van der Waals surface area contributed by atoms with Gasteiger partial charge in [0, 0.05) is 24.5 Å². The number of carbonyl (C=O) groups is 1. The van der Waals surface area contributed by atoms with Crippen LogP contribution < -0.4 is 10.1 Å². The summed E-state index contributed by atoms with van der Waals surface area (Å²) in [6.07, 6.45) is 2.91. The van der Waals surface area contributed by atoms with Crippen molar-refractivity contribution < 1.29 is 14.3 Å². The molecule has 3 heterocycles. The summed E-state index contributed by atoms with van der Waals surface area (Å²) in [5, 5.41) is 11.4. The molecule has 1 fully saturated rings. The van der Waals surface area contributed by atoms with Crippen LogP contribution in [0.5, 0.6) is 5.75 Å². The number of hydrogen-bond acceptors (Lipinski definition) is 6. The average molecular weight is 428 g/mol. The van der Waals surface area contributed by atoms with E-state index < -0.39 is 0 Å². The minimum atomic E-state index is -0.152. The SMILES string of the molecule is CC[C@H](C)NC(=O)c1nnc2n1CC1(CCN(Cc3cccc(OC)c3)CC1)COC2. The van der Waals surface area contributed by atoms with Gasteiger partial charge < -0.3 is 19.4 Å². The molecule has 1 aromatic heterocycles. The molecule has 0 bridgehead atoms. The van der Waals surface area contributed by atoms with Gasteiger partial charge in [0.15, 0.2) is 5.82 Å². The van der Waals surface area contributed by atoms with Crippen molar-refractivity contribution in [1.82, 2.24) is 25.0 Å². The smallest absolute Gasteiger partial charge is 0.289 e. The molecule has 1 saturated heterocycles. The molecule has 1 aromatic carbocycles. The minimum Gasteiger partial charge on any atom is -0.497 e. The van der Waals surface area contributed by atoms with Crippen LogP contribution >= 0.6 is 0 Å². The minimum absolute atomic E-state index is 0.00388. The van der Waals surface area contributed by atoms with Crippen LogP contribution in [0.3, 0.4) is 0 Å². The van der Waals surface area contributed by atoms with Crippen molar-refractivity contribution in [2.45, 2.75) is 58.8 Å². The third kappa shape index (κ3) is 4.91. The van der Waals surface area contributed by atoms with E-state index in [4.69, 9.17) is 9.47 Å². The zero-order valence-corrected chi connectivity index (χ0v) is 18.8. The zero-order chi connectivity index (χ0) is 21.8. The number of aromatic nitrogens is 3. The Morgan fingerprint density at radius 3 is 2.87 bits per heavy atom. The van der Waals surface area contributed by atoms with E-state index in [1.165, 1.54) is 5.56 Å². The van der Waals surface area contributed by atoms with Gasteiger partial charge in [-0.15, -0.1) is 10.2 Å². The first-order valence-corrected chi connectivity index (χ1v) is 11.2. The van der Waals surface area contributed by atoms with Gasteiger partial charge in [-0.3, -0.25) is 9.69 Å². The van der Waals surface area contributed by atoms with E-state index in [9.17, 15) is 4.79 Å². The number of ether oxygens (including phenoxy) is 2. The van der Waals surface area contributed by atoms with E-state index in [2.05, 4.69) is 39.5 Å². The molecule has 2 aliphatic rings. The lowest BCUT2D eigenvalue weighted by atomic mass is 9.78. The highest BCUT2D eigenvalue weighted by Gasteiger charge is 2.39. The summed E-state index contributed by atoms with van der Waals surface area (Å²) in [6, 6.07) is 8.37. The fourth-order valence-corrected chi connectivity index (χ4v) is 4.42. The van der Waals surface area contributed by atoms with Crippen LogP contribution in [0, 0.1) is 5.41 Å². The zero-order valence-electron chi connectivity index (χ0n) is 18.8. The first-order chi connectivity index (χ1) is 15.0. The van der Waals surface area contributed by atoms with Crippen molar-refractivity contribution in [1.29, 1.82) is 0 Å². The molecular formula is C23H33N5O3. The van der Waals surface area contributed by atoms with Crippen molar-refractivity contribution in [3.05, 3.63) is 41.5 Å². The first kappa shape index (κ1) is 21.8. The first-order valence-electron chi connectivity index (χ1n) is 11.2. The highest BCUT2D eigenvalue weighted by Crippen LogP contribution is 2.37. The molecule has 0 unspecified atom stereocenters. The Morgan fingerprint density at radius 1 is 1.32 bits per heavy atom. The Hall–Kier alpha value is -2.45. The molecule has 8 heteroatoms. The third-order valence-electron chi connectivity index (χ3n) is 6.61. The predicted molar refractivity (Wildman–Crippen MR) is 117 cm³/mol. The second kappa shape index (κ2) is 9.36. The van der Waals surface area contributed by atoms with E-state index in [0.29, 0.717) is 19.0 Å². The number of amides is 1. The molecule has 0 radical (unpaired) electrons. The summed E-state index contributed by atoms with van der Waals surface area (Å²) in [5.41, 5.74) is 1.27. The topological polar surface area (TPSA) is 81.5 Å². The van der Waals surface area contributed by atoms with E-state index in [-0.39, 0.29) is 17.4 Å². The van der Waals surface area contributed by atoms with E-state index >= 15 is 0 Å². The molecule has 0 aliphatic carbocycles. The van der Waals surface area contributed by atoms with Crippen LogP contribution in [0.15, 0.2) is 24.3 Å². The van der Waals surface area contributed by atoms with Crippen LogP contribution in [-0.4, -0.2) is 58.4 Å². The molecule has 0 saturated carbocycles. The second-order valence-electron chi connectivity index (χ2n) is 8.93. The summed E-state index contributed by atoms with van der Waals surface area (Å²) in [7, 11) is 1.70. The maximum absolute atomic E-state index is 12.7. The Bertz CT molecular complexity index is 904. The van der Waals surface area contributed by atoms with Gasteiger partial charge in [0.1, 0.15) is 12.4 Å². The number of piperidine rings is 1. The second-order valence-corrected chi connectivity index (χ2v) is 8.93. The van der Waals surface area contributed by atoms with Crippen molar-refractivity contribution in [2.75, 3.05) is 26.8 Å². The number of rotatable bonds is 6. The fourth-order valence-electron chi connectivity index (χ4n) is 4.42. The lowest BCUT2D eigenvalue weighted by Gasteiger charge is -2.41. The van der Waals surface area contributed by atoms with Crippen LogP contribution in [0.2, 0.25) is 0 Å². The molecule has 2 aliphatic heterocycles. The van der Waals surface area contributed by atoms with Gasteiger partial charge in [-0.2, -0.15) is 0 Å². The number of methoxy groups -OCH3 is 1. The van der Waals surface area contributed by atoms with Gasteiger partial charge in [0.2, 0.25) is 5.82 Å². The van der Waals surface area contributed by atoms with Crippen molar-refractivity contribution >= 4 is 5.91 Å². The molecule has 31 heavy (non-hydrogen) atoms. The molecule has 168 valence electrons. The fraction of sp³-hybridized carbons (Fsp3) is 0.609. The average Bonchev–Trinajstić information content (AvgIpc) is 3.09. The highest BCUT2D eigenvalue weighted by atomic mass is 16.5. The van der Waals surface area contributed by atoms with E-state index in [0.717, 1.165) is 57.0 Å². The monoisotopic (exact) mass is 427 g/mol. The summed E-state index contributed by atoms with van der Waals surface area (Å²) in [5.74, 6) is 1.89. The molecule has 4 rings (SSSR count). The molecule has 1 spiro atoms. The van der Waals surface area contributed by atoms with Crippen LogP contribution in [-0.2, 0) is 24.4 Å². The number of fused-ring (bicyclic) bond motifs is 1. The van der Waals surface area contributed by atoms with Gasteiger partial charge in [0.05, 0.1) is 13.7 Å². The van der Waals surface area contributed by atoms with Crippen molar-refractivity contribution in [3.63, 3.8) is 0 Å². The normalized spacial score (nSPS) is 19.5. The van der Waals surface area contributed by atoms with Gasteiger partial charge in [-0.05, 0) is 57.0 Å². The van der Waals surface area contributed by atoms with Crippen LogP contribution in [0.25, 0.3) is 0 Å². The maximum Gasteiger partial charge on any atom is 0.289 e. The quantitative estimate of drug-likeness (QED) is 0.763. The Morgan fingerprint density at radius 2 is 2.13 bits per heavy atom. The molecular weight excluding hydrogens is 394 g/mol. The Labute approximate surface area is 183 Å². The summed E-state index contributed by atoms with van der Waals surface area (Å²) < 4.78 is 13.3. The van der Waals surface area contributed by atoms with Gasteiger partial charge in [0.25, 0.3) is 5.91 Å². The lowest BCUT2D eigenvalue weighted by Crippen LogP contribution is -2.44. The number of carbonyl (C=O) groups excluding carboxylic acids is 1. The summed E-state index contributed by atoms with van der Waals surface area (Å²) in [6.45, 7) is 8.77. The number of nitrogens with zero attached hydrogens (tertiary/aromatic N) is 4. The molecule has 1 N–H and O–H groups in total. The molecule has 1 atom stereocenters. The molecule has 2 aromatic rings.